The zero-order valence-electron chi connectivity index (χ0n) is 16.0. The van der Waals surface area contributed by atoms with E-state index in [4.69, 9.17) is 4.42 Å². The molecule has 0 bridgehead atoms. The van der Waals surface area contributed by atoms with E-state index in [9.17, 15) is 9.59 Å². The number of amides is 1. The fourth-order valence-corrected chi connectivity index (χ4v) is 3.70. The van der Waals surface area contributed by atoms with Gasteiger partial charge in [0.05, 0.1) is 12.0 Å². The summed E-state index contributed by atoms with van der Waals surface area (Å²) in [7, 11) is 0. The predicted octanol–water partition coefficient (Wildman–Crippen LogP) is 2.99. The summed E-state index contributed by atoms with van der Waals surface area (Å²) in [5.74, 6) is 0.785. The summed E-state index contributed by atoms with van der Waals surface area (Å²) in [6.45, 7) is 4.15. The van der Waals surface area contributed by atoms with Gasteiger partial charge in [-0.15, -0.1) is 0 Å². The number of rotatable bonds is 4. The first-order valence-corrected chi connectivity index (χ1v) is 10.2. The molecule has 2 aromatic heterocycles. The zero-order valence-corrected chi connectivity index (χ0v) is 17.6. The van der Waals surface area contributed by atoms with Crippen LogP contribution in [0.25, 0.3) is 0 Å². The SMILES string of the molecule is Cc1nc(N2CCN(C(=O)c3ccco3)CC2)[nH]c(=O)c1Cc1ccc(Br)cc1. The molecule has 1 aliphatic heterocycles. The van der Waals surface area contributed by atoms with Gasteiger partial charge >= 0.3 is 0 Å². The molecule has 3 aromatic rings. The second kappa shape index (κ2) is 8.24. The molecule has 7 nitrogen and oxygen atoms in total. The lowest BCUT2D eigenvalue weighted by molar-refractivity contribution is 0.0714. The monoisotopic (exact) mass is 456 g/mol. The third-order valence-corrected chi connectivity index (χ3v) is 5.63. The minimum atomic E-state index is -0.121. The summed E-state index contributed by atoms with van der Waals surface area (Å²) >= 11 is 3.42. The van der Waals surface area contributed by atoms with Crippen LogP contribution in [0.4, 0.5) is 5.95 Å². The van der Waals surface area contributed by atoms with E-state index in [2.05, 4.69) is 25.9 Å². The number of hydrogen-bond acceptors (Lipinski definition) is 5. The van der Waals surface area contributed by atoms with Gasteiger partial charge in [-0.25, -0.2) is 4.98 Å². The molecule has 0 spiro atoms. The summed E-state index contributed by atoms with van der Waals surface area (Å²) in [5.41, 5.74) is 2.33. The number of carbonyl (C=O) groups is 1. The Balaban J connectivity index is 1.45. The van der Waals surface area contributed by atoms with Gasteiger partial charge in [-0.2, -0.15) is 0 Å². The van der Waals surface area contributed by atoms with E-state index in [0.29, 0.717) is 49.9 Å². The number of nitrogens with one attached hydrogen (secondary N) is 1. The molecule has 1 amide bonds. The highest BCUT2D eigenvalue weighted by atomic mass is 79.9. The van der Waals surface area contributed by atoms with Crippen molar-refractivity contribution >= 4 is 27.8 Å². The molecule has 8 heteroatoms. The minimum Gasteiger partial charge on any atom is -0.459 e. The first kappa shape index (κ1) is 19.4. The van der Waals surface area contributed by atoms with Crippen LogP contribution in [0.5, 0.6) is 0 Å². The van der Waals surface area contributed by atoms with Crippen molar-refractivity contribution in [2.45, 2.75) is 13.3 Å². The Kier molecular flexibility index (Phi) is 5.53. The second-order valence-electron chi connectivity index (χ2n) is 7.01. The number of halogens is 1. The van der Waals surface area contributed by atoms with Crippen molar-refractivity contribution in [2.24, 2.45) is 0 Å². The summed E-state index contributed by atoms with van der Waals surface area (Å²) in [5, 5.41) is 0. The number of aromatic amines is 1. The lowest BCUT2D eigenvalue weighted by Gasteiger charge is -2.34. The number of nitrogens with zero attached hydrogens (tertiary/aromatic N) is 3. The van der Waals surface area contributed by atoms with Gasteiger partial charge in [-0.05, 0) is 36.8 Å². The van der Waals surface area contributed by atoms with Crippen molar-refractivity contribution in [3.8, 4) is 0 Å². The molecule has 0 atom stereocenters. The van der Waals surface area contributed by atoms with Gasteiger partial charge < -0.3 is 14.2 Å². The van der Waals surface area contributed by atoms with Crippen LogP contribution in [0.1, 0.15) is 27.4 Å². The second-order valence-corrected chi connectivity index (χ2v) is 7.93. The molecule has 1 aromatic carbocycles. The lowest BCUT2D eigenvalue weighted by atomic mass is 10.1. The van der Waals surface area contributed by atoms with Gasteiger partial charge in [0, 0.05) is 42.6 Å². The maximum atomic E-state index is 12.7. The normalized spacial score (nSPS) is 14.3. The summed E-state index contributed by atoms with van der Waals surface area (Å²) in [6, 6.07) is 11.3. The first-order chi connectivity index (χ1) is 14.0. The number of anilines is 1. The Labute approximate surface area is 176 Å². The molecule has 3 heterocycles. The average molecular weight is 457 g/mol. The molecule has 1 aliphatic rings. The lowest BCUT2D eigenvalue weighted by Crippen LogP contribution is -2.49. The highest BCUT2D eigenvalue weighted by molar-refractivity contribution is 9.10. The van der Waals surface area contributed by atoms with Crippen LogP contribution in [-0.2, 0) is 6.42 Å². The van der Waals surface area contributed by atoms with Gasteiger partial charge in [0.1, 0.15) is 0 Å². The number of carbonyl (C=O) groups excluding carboxylic acids is 1. The molecular formula is C21H21BrN4O3. The van der Waals surface area contributed by atoms with Gasteiger partial charge in [0.25, 0.3) is 11.5 Å². The van der Waals surface area contributed by atoms with E-state index in [1.54, 1.807) is 17.0 Å². The third-order valence-electron chi connectivity index (χ3n) is 5.10. The number of furan rings is 1. The largest absolute Gasteiger partial charge is 0.459 e. The Hall–Kier alpha value is -2.87. The number of hydrogen-bond donors (Lipinski definition) is 1. The van der Waals surface area contributed by atoms with Gasteiger partial charge in [-0.1, -0.05) is 28.1 Å². The molecule has 4 rings (SSSR count). The van der Waals surface area contributed by atoms with E-state index in [1.165, 1.54) is 6.26 Å². The van der Waals surface area contributed by atoms with Crippen LogP contribution >= 0.6 is 15.9 Å². The molecule has 0 radical (unpaired) electrons. The number of H-pyrrole nitrogens is 1. The molecule has 0 saturated carbocycles. The summed E-state index contributed by atoms with van der Waals surface area (Å²) < 4.78 is 6.20. The number of benzene rings is 1. The standard InChI is InChI=1S/C21H21BrN4O3/c1-14-17(13-15-4-6-16(22)7-5-15)19(27)24-21(23-14)26-10-8-25(9-11-26)20(28)18-3-2-12-29-18/h2-7,12H,8-11,13H2,1H3,(H,23,24,27). The number of aromatic nitrogens is 2. The van der Waals surface area contributed by atoms with Crippen molar-refractivity contribution in [3.63, 3.8) is 0 Å². The molecule has 1 N–H and O–H groups in total. The summed E-state index contributed by atoms with van der Waals surface area (Å²) in [4.78, 5) is 36.4. The van der Waals surface area contributed by atoms with Crippen LogP contribution in [0.2, 0.25) is 0 Å². The Morgan fingerprint density at radius 3 is 2.52 bits per heavy atom. The van der Waals surface area contributed by atoms with Crippen molar-refractivity contribution in [3.05, 3.63) is 80.1 Å². The van der Waals surface area contributed by atoms with Gasteiger partial charge in [-0.3, -0.25) is 14.6 Å². The highest BCUT2D eigenvalue weighted by Crippen LogP contribution is 2.17. The average Bonchev–Trinajstić information content (AvgIpc) is 3.26. The Bertz CT molecular complexity index is 1050. The van der Waals surface area contributed by atoms with Crippen LogP contribution < -0.4 is 10.5 Å². The number of aryl methyl sites for hydroxylation is 1. The Morgan fingerprint density at radius 1 is 1.17 bits per heavy atom. The maximum absolute atomic E-state index is 12.7. The van der Waals surface area contributed by atoms with Crippen LogP contribution in [0.15, 0.2) is 56.3 Å². The first-order valence-electron chi connectivity index (χ1n) is 9.43. The highest BCUT2D eigenvalue weighted by Gasteiger charge is 2.25. The van der Waals surface area contributed by atoms with E-state index in [-0.39, 0.29) is 11.5 Å². The van der Waals surface area contributed by atoms with E-state index >= 15 is 0 Å². The molecule has 1 saturated heterocycles. The zero-order chi connectivity index (χ0) is 20.4. The molecule has 29 heavy (non-hydrogen) atoms. The molecule has 150 valence electrons. The van der Waals surface area contributed by atoms with E-state index in [1.807, 2.05) is 36.1 Å². The maximum Gasteiger partial charge on any atom is 0.289 e. The van der Waals surface area contributed by atoms with E-state index < -0.39 is 0 Å². The third kappa shape index (κ3) is 4.27. The fraction of sp³-hybridized carbons (Fsp3) is 0.286. The summed E-state index contributed by atoms with van der Waals surface area (Å²) in [6.07, 6.45) is 2.03. The fourth-order valence-electron chi connectivity index (χ4n) is 3.44. The van der Waals surface area contributed by atoms with Crippen LogP contribution in [0, 0.1) is 6.92 Å². The van der Waals surface area contributed by atoms with Crippen LogP contribution in [0.3, 0.4) is 0 Å². The molecule has 0 aliphatic carbocycles. The molecule has 0 unspecified atom stereocenters. The quantitative estimate of drug-likeness (QED) is 0.652. The topological polar surface area (TPSA) is 82.4 Å². The van der Waals surface area contributed by atoms with Gasteiger partial charge in [0.2, 0.25) is 5.95 Å². The van der Waals surface area contributed by atoms with Crippen LogP contribution in [-0.4, -0.2) is 47.0 Å². The van der Waals surface area contributed by atoms with Crippen molar-refractivity contribution in [1.29, 1.82) is 0 Å². The van der Waals surface area contributed by atoms with Gasteiger partial charge in [0.15, 0.2) is 5.76 Å². The van der Waals surface area contributed by atoms with E-state index in [0.717, 1.165) is 15.7 Å². The van der Waals surface area contributed by atoms with Crippen molar-refractivity contribution in [2.75, 3.05) is 31.1 Å². The smallest absolute Gasteiger partial charge is 0.289 e. The minimum absolute atomic E-state index is 0.114. The number of piperazine rings is 1. The van der Waals surface area contributed by atoms with Crippen molar-refractivity contribution in [1.82, 2.24) is 14.9 Å². The predicted molar refractivity (Wildman–Crippen MR) is 113 cm³/mol. The molecule has 1 fully saturated rings. The Morgan fingerprint density at radius 2 is 1.90 bits per heavy atom. The molecular weight excluding hydrogens is 436 g/mol. The van der Waals surface area contributed by atoms with Crippen molar-refractivity contribution < 1.29 is 9.21 Å².